The normalized spacial score (nSPS) is 14.4. The van der Waals surface area contributed by atoms with Crippen LogP contribution in [0.25, 0.3) is 0 Å². The zero-order valence-corrected chi connectivity index (χ0v) is 12.1. The van der Waals surface area contributed by atoms with Gasteiger partial charge in [-0.3, -0.25) is 10.1 Å². The number of non-ortho nitro benzene ring substituents is 1. The van der Waals surface area contributed by atoms with Crippen LogP contribution in [-0.2, 0) is 0 Å². The SMILES string of the molecule is CC(CCN(C)C)NC(C)c1ccc([N+](=O)[O-])cc1. The third-order valence-electron chi connectivity index (χ3n) is 3.15. The first-order chi connectivity index (χ1) is 8.90. The van der Waals surface area contributed by atoms with E-state index >= 15 is 0 Å². The molecule has 19 heavy (non-hydrogen) atoms. The van der Waals surface area contributed by atoms with E-state index in [1.165, 1.54) is 0 Å². The molecular weight excluding hydrogens is 242 g/mol. The molecule has 0 spiro atoms. The average molecular weight is 265 g/mol. The van der Waals surface area contributed by atoms with Gasteiger partial charge >= 0.3 is 0 Å². The second-order valence-corrected chi connectivity index (χ2v) is 5.23. The van der Waals surface area contributed by atoms with Crippen LogP contribution in [0.3, 0.4) is 0 Å². The molecule has 1 N–H and O–H groups in total. The Balaban J connectivity index is 2.52. The van der Waals surface area contributed by atoms with Crippen molar-refractivity contribution in [3.8, 4) is 0 Å². The molecule has 106 valence electrons. The highest BCUT2D eigenvalue weighted by Gasteiger charge is 2.11. The number of hydrogen-bond acceptors (Lipinski definition) is 4. The summed E-state index contributed by atoms with van der Waals surface area (Å²) < 4.78 is 0. The van der Waals surface area contributed by atoms with Crippen LogP contribution >= 0.6 is 0 Å². The molecule has 0 heterocycles. The molecule has 0 bridgehead atoms. The van der Waals surface area contributed by atoms with Crippen molar-refractivity contribution in [2.75, 3.05) is 20.6 Å². The summed E-state index contributed by atoms with van der Waals surface area (Å²) in [6, 6.07) is 7.34. The van der Waals surface area contributed by atoms with E-state index in [0.29, 0.717) is 6.04 Å². The van der Waals surface area contributed by atoms with Crippen LogP contribution in [0.4, 0.5) is 5.69 Å². The van der Waals surface area contributed by atoms with Crippen LogP contribution in [0, 0.1) is 10.1 Å². The average Bonchev–Trinajstić information content (AvgIpc) is 2.36. The molecule has 1 aromatic rings. The number of nitrogens with zero attached hydrogens (tertiary/aromatic N) is 2. The Bertz CT molecular complexity index is 404. The maximum atomic E-state index is 10.6. The summed E-state index contributed by atoms with van der Waals surface area (Å²) in [6.45, 7) is 5.28. The molecule has 0 aliphatic heterocycles. The molecule has 0 radical (unpaired) electrons. The fourth-order valence-corrected chi connectivity index (χ4v) is 1.94. The quantitative estimate of drug-likeness (QED) is 0.608. The number of nitro groups is 1. The van der Waals surface area contributed by atoms with Crippen molar-refractivity contribution in [3.63, 3.8) is 0 Å². The van der Waals surface area contributed by atoms with Gasteiger partial charge in [-0.25, -0.2) is 0 Å². The third-order valence-corrected chi connectivity index (χ3v) is 3.15. The fraction of sp³-hybridized carbons (Fsp3) is 0.571. The van der Waals surface area contributed by atoms with Gasteiger partial charge in [0.1, 0.15) is 0 Å². The van der Waals surface area contributed by atoms with E-state index < -0.39 is 0 Å². The van der Waals surface area contributed by atoms with Gasteiger partial charge in [0.2, 0.25) is 0 Å². The minimum absolute atomic E-state index is 0.136. The molecule has 5 heteroatoms. The minimum atomic E-state index is -0.373. The molecule has 0 amide bonds. The summed E-state index contributed by atoms with van der Waals surface area (Å²) >= 11 is 0. The maximum absolute atomic E-state index is 10.6. The van der Waals surface area contributed by atoms with Crippen molar-refractivity contribution < 1.29 is 4.92 Å². The third kappa shape index (κ3) is 5.36. The molecule has 0 aliphatic rings. The van der Waals surface area contributed by atoms with Gasteiger partial charge in [-0.1, -0.05) is 12.1 Å². The van der Waals surface area contributed by atoms with Gasteiger partial charge in [0, 0.05) is 24.2 Å². The van der Waals surface area contributed by atoms with E-state index in [1.54, 1.807) is 12.1 Å². The van der Waals surface area contributed by atoms with Gasteiger partial charge < -0.3 is 10.2 Å². The van der Waals surface area contributed by atoms with E-state index in [4.69, 9.17) is 0 Å². The Kier molecular flexibility index (Phi) is 5.92. The molecule has 1 rings (SSSR count). The Morgan fingerprint density at radius 1 is 1.26 bits per heavy atom. The molecule has 2 unspecified atom stereocenters. The zero-order chi connectivity index (χ0) is 14.4. The first-order valence-corrected chi connectivity index (χ1v) is 6.55. The first-order valence-electron chi connectivity index (χ1n) is 6.55. The predicted octanol–water partition coefficient (Wildman–Crippen LogP) is 2.59. The first kappa shape index (κ1) is 15.6. The van der Waals surface area contributed by atoms with E-state index in [1.807, 2.05) is 12.1 Å². The van der Waals surface area contributed by atoms with Gasteiger partial charge in [0.05, 0.1) is 4.92 Å². The molecule has 1 aromatic carbocycles. The molecule has 0 aliphatic carbocycles. The molecule has 5 nitrogen and oxygen atoms in total. The van der Waals surface area contributed by atoms with Crippen molar-refractivity contribution in [2.24, 2.45) is 0 Å². The van der Waals surface area contributed by atoms with Crippen LogP contribution in [-0.4, -0.2) is 36.5 Å². The van der Waals surface area contributed by atoms with Crippen molar-refractivity contribution in [1.29, 1.82) is 0 Å². The number of nitrogens with one attached hydrogen (secondary N) is 1. The van der Waals surface area contributed by atoms with Crippen LogP contribution in [0.15, 0.2) is 24.3 Å². The standard InChI is InChI=1S/C14H23N3O2/c1-11(9-10-16(3)4)15-12(2)13-5-7-14(8-6-13)17(18)19/h5-8,11-12,15H,9-10H2,1-4H3. The topological polar surface area (TPSA) is 58.4 Å². The van der Waals surface area contributed by atoms with Crippen LogP contribution in [0.5, 0.6) is 0 Å². The van der Waals surface area contributed by atoms with Gasteiger partial charge in [-0.15, -0.1) is 0 Å². The summed E-state index contributed by atoms with van der Waals surface area (Å²) in [4.78, 5) is 12.4. The lowest BCUT2D eigenvalue weighted by atomic mass is 10.1. The molecular formula is C14H23N3O2. The van der Waals surface area contributed by atoms with Crippen molar-refractivity contribution in [1.82, 2.24) is 10.2 Å². The summed E-state index contributed by atoms with van der Waals surface area (Å²) in [5.41, 5.74) is 1.21. The van der Waals surface area contributed by atoms with E-state index in [9.17, 15) is 10.1 Å². The van der Waals surface area contributed by atoms with E-state index in [-0.39, 0.29) is 16.7 Å². The molecule has 0 saturated carbocycles. The highest BCUT2D eigenvalue weighted by atomic mass is 16.6. The van der Waals surface area contributed by atoms with Crippen LogP contribution in [0.1, 0.15) is 31.9 Å². The maximum Gasteiger partial charge on any atom is 0.269 e. The number of rotatable bonds is 7. The van der Waals surface area contributed by atoms with Crippen molar-refractivity contribution in [2.45, 2.75) is 32.4 Å². The Morgan fingerprint density at radius 2 is 1.84 bits per heavy atom. The van der Waals surface area contributed by atoms with E-state index in [0.717, 1.165) is 18.5 Å². The summed E-state index contributed by atoms with van der Waals surface area (Å²) in [6.07, 6.45) is 1.07. The molecule has 2 atom stereocenters. The monoisotopic (exact) mass is 265 g/mol. The molecule has 0 saturated heterocycles. The Labute approximate surface area is 114 Å². The zero-order valence-electron chi connectivity index (χ0n) is 12.1. The smallest absolute Gasteiger partial charge is 0.269 e. The number of hydrogen-bond donors (Lipinski definition) is 1. The van der Waals surface area contributed by atoms with Gasteiger partial charge in [0.25, 0.3) is 5.69 Å². The lowest BCUT2D eigenvalue weighted by molar-refractivity contribution is -0.384. The minimum Gasteiger partial charge on any atom is -0.309 e. The van der Waals surface area contributed by atoms with E-state index in [2.05, 4.69) is 38.2 Å². The number of benzene rings is 1. The van der Waals surface area contributed by atoms with Crippen LogP contribution < -0.4 is 5.32 Å². The number of nitro benzene ring substituents is 1. The molecule has 0 fully saturated rings. The Hall–Kier alpha value is -1.46. The van der Waals surface area contributed by atoms with Crippen molar-refractivity contribution >= 4 is 5.69 Å². The largest absolute Gasteiger partial charge is 0.309 e. The summed E-state index contributed by atoms with van der Waals surface area (Å²) in [7, 11) is 4.12. The lowest BCUT2D eigenvalue weighted by Crippen LogP contribution is -2.31. The lowest BCUT2D eigenvalue weighted by Gasteiger charge is -2.21. The fourth-order valence-electron chi connectivity index (χ4n) is 1.94. The van der Waals surface area contributed by atoms with Gasteiger partial charge in [0.15, 0.2) is 0 Å². The Morgan fingerprint density at radius 3 is 2.32 bits per heavy atom. The summed E-state index contributed by atoms with van der Waals surface area (Å²) in [5.74, 6) is 0. The second-order valence-electron chi connectivity index (χ2n) is 5.23. The van der Waals surface area contributed by atoms with Gasteiger partial charge in [-0.05, 0) is 46.5 Å². The van der Waals surface area contributed by atoms with Crippen molar-refractivity contribution in [3.05, 3.63) is 39.9 Å². The summed E-state index contributed by atoms with van der Waals surface area (Å²) in [5, 5.41) is 14.1. The predicted molar refractivity (Wildman–Crippen MR) is 77.3 cm³/mol. The van der Waals surface area contributed by atoms with Gasteiger partial charge in [-0.2, -0.15) is 0 Å². The second kappa shape index (κ2) is 7.21. The van der Waals surface area contributed by atoms with Crippen LogP contribution in [0.2, 0.25) is 0 Å². The highest BCUT2D eigenvalue weighted by molar-refractivity contribution is 5.34. The molecule has 0 aromatic heterocycles. The highest BCUT2D eigenvalue weighted by Crippen LogP contribution is 2.18.